The largest absolute Gasteiger partial charge is 0.456 e. The van der Waals surface area contributed by atoms with Crippen molar-refractivity contribution in [3.63, 3.8) is 0 Å². The first kappa shape index (κ1) is 18.1. The van der Waals surface area contributed by atoms with Gasteiger partial charge in [0, 0.05) is 29.3 Å². The maximum atomic E-state index is 6.11. The Morgan fingerprint density at radius 2 is 1.55 bits per heavy atom. The third-order valence-corrected chi connectivity index (χ3v) is 7.18. The molecule has 0 atom stereocenters. The molecule has 0 bridgehead atoms. The summed E-state index contributed by atoms with van der Waals surface area (Å²) in [7, 11) is 0. The minimum Gasteiger partial charge on any atom is -0.456 e. The predicted molar refractivity (Wildman–Crippen MR) is 122 cm³/mol. The smallest absolute Gasteiger partial charge is 0.275 e. The first-order valence-corrected chi connectivity index (χ1v) is 10.9. The van der Waals surface area contributed by atoms with Crippen LogP contribution in [-0.4, -0.2) is 0 Å². The van der Waals surface area contributed by atoms with Crippen LogP contribution in [0.15, 0.2) is 71.1 Å². The van der Waals surface area contributed by atoms with E-state index in [2.05, 4.69) is 86.9 Å². The maximum absolute atomic E-state index is 6.11. The first-order chi connectivity index (χ1) is 14.0. The van der Waals surface area contributed by atoms with Crippen LogP contribution in [0.5, 0.6) is 0 Å². The Morgan fingerprint density at radius 3 is 2.31 bits per heavy atom. The van der Waals surface area contributed by atoms with Crippen LogP contribution in [0.2, 0.25) is 0 Å². The SMILES string of the molecule is Cc1cc2oc3ccccc3c2cc1-[n+]1c(-c2ccccc2)sc(C(C)C)c1C. The van der Waals surface area contributed by atoms with Gasteiger partial charge in [-0.05, 0) is 37.1 Å². The summed E-state index contributed by atoms with van der Waals surface area (Å²) in [6, 6.07) is 23.5. The number of para-hydroxylation sites is 1. The van der Waals surface area contributed by atoms with Crippen molar-refractivity contribution in [1.82, 2.24) is 0 Å². The van der Waals surface area contributed by atoms with Crippen LogP contribution in [0.4, 0.5) is 0 Å². The molecule has 5 rings (SSSR count). The topological polar surface area (TPSA) is 17.0 Å². The van der Waals surface area contributed by atoms with E-state index in [-0.39, 0.29) is 0 Å². The molecule has 0 saturated carbocycles. The Hall–Kier alpha value is -2.91. The molecule has 0 unspecified atom stereocenters. The van der Waals surface area contributed by atoms with Gasteiger partial charge in [-0.25, -0.2) is 0 Å². The van der Waals surface area contributed by atoms with Crippen LogP contribution in [0.3, 0.4) is 0 Å². The molecule has 0 aliphatic heterocycles. The second-order valence-corrected chi connectivity index (χ2v) is 8.98. The Balaban J connectivity index is 1.84. The second kappa shape index (κ2) is 6.85. The molecule has 0 aliphatic carbocycles. The molecule has 144 valence electrons. The van der Waals surface area contributed by atoms with Crippen LogP contribution in [0.25, 0.3) is 38.2 Å². The highest BCUT2D eigenvalue weighted by molar-refractivity contribution is 7.14. The van der Waals surface area contributed by atoms with E-state index in [1.165, 1.54) is 43.2 Å². The summed E-state index contributed by atoms with van der Waals surface area (Å²) in [6.45, 7) is 8.97. The lowest BCUT2D eigenvalue weighted by atomic mass is 10.1. The van der Waals surface area contributed by atoms with Crippen molar-refractivity contribution in [1.29, 1.82) is 0 Å². The lowest BCUT2D eigenvalue weighted by molar-refractivity contribution is -0.586. The van der Waals surface area contributed by atoms with Gasteiger partial charge in [0.1, 0.15) is 11.2 Å². The molecular weight excluding hydrogens is 374 g/mol. The second-order valence-electron chi connectivity index (χ2n) is 7.95. The van der Waals surface area contributed by atoms with Gasteiger partial charge in [-0.15, -0.1) is 4.57 Å². The fraction of sp³-hybridized carbons (Fsp3) is 0.192. The van der Waals surface area contributed by atoms with Crippen molar-refractivity contribution in [2.24, 2.45) is 0 Å². The first-order valence-electron chi connectivity index (χ1n) is 10.1. The lowest BCUT2D eigenvalue weighted by Crippen LogP contribution is -2.35. The van der Waals surface area contributed by atoms with Crippen molar-refractivity contribution in [3.05, 3.63) is 82.9 Å². The van der Waals surface area contributed by atoms with E-state index in [0.29, 0.717) is 5.92 Å². The van der Waals surface area contributed by atoms with Crippen LogP contribution >= 0.6 is 11.3 Å². The Morgan fingerprint density at radius 1 is 0.828 bits per heavy atom. The number of benzene rings is 3. The maximum Gasteiger partial charge on any atom is 0.275 e. The van der Waals surface area contributed by atoms with Crippen molar-refractivity contribution in [2.45, 2.75) is 33.6 Å². The summed E-state index contributed by atoms with van der Waals surface area (Å²) < 4.78 is 8.54. The van der Waals surface area contributed by atoms with E-state index < -0.39 is 0 Å². The van der Waals surface area contributed by atoms with Crippen molar-refractivity contribution in [3.8, 4) is 16.3 Å². The molecule has 0 fully saturated rings. The number of thiazole rings is 1. The quantitative estimate of drug-likeness (QED) is 0.291. The van der Waals surface area contributed by atoms with Crippen molar-refractivity contribution >= 4 is 33.3 Å². The summed E-state index contributed by atoms with van der Waals surface area (Å²) in [4.78, 5) is 1.43. The van der Waals surface area contributed by atoms with Crippen molar-refractivity contribution in [2.75, 3.05) is 0 Å². The summed E-state index contributed by atoms with van der Waals surface area (Å²) in [5, 5.41) is 3.62. The fourth-order valence-corrected chi connectivity index (χ4v) is 5.45. The van der Waals surface area contributed by atoms with E-state index in [1.807, 2.05) is 23.5 Å². The number of nitrogens with zero attached hydrogens (tertiary/aromatic N) is 1. The molecule has 0 radical (unpaired) electrons. The third-order valence-electron chi connectivity index (χ3n) is 5.58. The number of aryl methyl sites for hydroxylation is 1. The van der Waals surface area contributed by atoms with E-state index in [0.717, 1.165) is 11.2 Å². The molecule has 0 spiro atoms. The molecule has 0 amide bonds. The molecule has 0 N–H and O–H groups in total. The van der Waals surface area contributed by atoms with E-state index >= 15 is 0 Å². The van der Waals surface area contributed by atoms with Gasteiger partial charge in [0.2, 0.25) is 5.69 Å². The molecule has 2 heterocycles. The molecule has 29 heavy (non-hydrogen) atoms. The molecule has 2 nitrogen and oxygen atoms in total. The average Bonchev–Trinajstić information content (AvgIpc) is 3.25. The summed E-state index contributed by atoms with van der Waals surface area (Å²) in [5.41, 5.74) is 6.91. The van der Waals surface area contributed by atoms with Crippen molar-refractivity contribution < 1.29 is 8.98 Å². The lowest BCUT2D eigenvalue weighted by Gasteiger charge is -2.04. The monoisotopic (exact) mass is 398 g/mol. The van der Waals surface area contributed by atoms with Crippen LogP contribution in [-0.2, 0) is 0 Å². The summed E-state index contributed by atoms with van der Waals surface area (Å²) >= 11 is 1.90. The average molecular weight is 399 g/mol. The Kier molecular flexibility index (Phi) is 4.29. The molecule has 0 aliphatic rings. The Labute approximate surface area is 175 Å². The van der Waals surface area contributed by atoms with Crippen LogP contribution in [0.1, 0.15) is 35.9 Å². The van der Waals surface area contributed by atoms with Gasteiger partial charge in [-0.2, -0.15) is 0 Å². The number of rotatable bonds is 3. The van der Waals surface area contributed by atoms with E-state index in [1.54, 1.807) is 0 Å². The number of hydrogen-bond donors (Lipinski definition) is 0. The van der Waals surface area contributed by atoms with Gasteiger partial charge < -0.3 is 4.42 Å². The van der Waals surface area contributed by atoms with Gasteiger partial charge in [-0.3, -0.25) is 0 Å². The summed E-state index contributed by atoms with van der Waals surface area (Å²) in [5.74, 6) is 0.488. The molecule has 0 saturated heterocycles. The summed E-state index contributed by atoms with van der Waals surface area (Å²) in [6.07, 6.45) is 0. The normalized spacial score (nSPS) is 11.8. The zero-order valence-corrected chi connectivity index (χ0v) is 18.0. The minimum absolute atomic E-state index is 0.488. The fourth-order valence-electron chi connectivity index (χ4n) is 4.18. The standard InChI is InChI=1S/C26H24NOS/c1-16(2)25-18(4)27(26(29-25)19-10-6-5-7-11-19)22-15-21-20-12-8-9-13-23(20)28-24(21)14-17(22)3/h5-16H,1-4H3/q+1. The molecule has 3 heteroatoms. The molecule has 2 aromatic heterocycles. The number of furan rings is 1. The highest BCUT2D eigenvalue weighted by Gasteiger charge is 2.29. The Bertz CT molecular complexity index is 1340. The number of aromatic nitrogens is 1. The van der Waals surface area contributed by atoms with E-state index in [9.17, 15) is 0 Å². The van der Waals surface area contributed by atoms with Gasteiger partial charge in [0.05, 0.1) is 10.4 Å². The van der Waals surface area contributed by atoms with E-state index in [4.69, 9.17) is 4.42 Å². The number of hydrogen-bond acceptors (Lipinski definition) is 2. The predicted octanol–water partition coefficient (Wildman–Crippen LogP) is 7.33. The van der Waals surface area contributed by atoms with Crippen LogP contribution < -0.4 is 4.57 Å². The van der Waals surface area contributed by atoms with Gasteiger partial charge in [0.15, 0.2) is 5.69 Å². The zero-order valence-electron chi connectivity index (χ0n) is 17.2. The zero-order chi connectivity index (χ0) is 20.1. The molecular formula is C26H24NOS+. The molecule has 3 aromatic carbocycles. The third kappa shape index (κ3) is 2.89. The number of fused-ring (bicyclic) bond motifs is 3. The minimum atomic E-state index is 0.488. The van der Waals surface area contributed by atoms with Crippen LogP contribution in [0, 0.1) is 13.8 Å². The van der Waals surface area contributed by atoms with Gasteiger partial charge in [0.25, 0.3) is 5.01 Å². The van der Waals surface area contributed by atoms with Gasteiger partial charge >= 0.3 is 0 Å². The highest BCUT2D eigenvalue weighted by atomic mass is 32.1. The highest BCUT2D eigenvalue weighted by Crippen LogP contribution is 2.35. The van der Waals surface area contributed by atoms with Gasteiger partial charge in [-0.1, -0.05) is 61.6 Å². The molecule has 5 aromatic rings.